The summed E-state index contributed by atoms with van der Waals surface area (Å²) in [5.41, 5.74) is -1.60. The predicted molar refractivity (Wildman–Crippen MR) is 143 cm³/mol. The number of fused-ring (bicyclic) bond motifs is 4. The molecule has 0 amide bonds. The minimum Gasteiger partial charge on any atom is -0.870 e. The smallest absolute Gasteiger partial charge is 0.870 e. The molecule has 40 heavy (non-hydrogen) atoms. The molecule has 0 saturated heterocycles. The Morgan fingerprint density at radius 3 is 1.12 bits per heavy atom. The molecular weight excluding hydrogens is 649 g/mol. The van der Waals surface area contributed by atoms with Gasteiger partial charge in [-0.1, -0.05) is 23.2 Å². The summed E-state index contributed by atoms with van der Waals surface area (Å²) in [6, 6.07) is 6.71. The molecule has 0 spiro atoms. The number of H-pyrrole nitrogens is 2. The van der Waals surface area contributed by atoms with Crippen LogP contribution in [0.25, 0.3) is 43.6 Å². The average molecular weight is 661 g/mol. The molecule has 2 heterocycles. The number of pyridine rings is 2. The fourth-order valence-corrected chi connectivity index (χ4v) is 5.98. The van der Waals surface area contributed by atoms with Crippen LogP contribution in [0.5, 0.6) is 0 Å². The third-order valence-corrected chi connectivity index (χ3v) is 7.47. The van der Waals surface area contributed by atoms with E-state index in [2.05, 4.69) is 9.97 Å². The van der Waals surface area contributed by atoms with E-state index >= 15 is 0 Å². The van der Waals surface area contributed by atoms with Crippen LogP contribution in [-0.2, 0) is 20.2 Å². The Morgan fingerprint density at radius 1 is 0.550 bits per heavy atom. The van der Waals surface area contributed by atoms with Gasteiger partial charge in [0.1, 0.15) is 20.2 Å². The van der Waals surface area contributed by atoms with Crippen molar-refractivity contribution in [2.45, 2.75) is 9.79 Å². The summed E-state index contributed by atoms with van der Waals surface area (Å²) >= 11 is 11.8. The van der Waals surface area contributed by atoms with E-state index in [1.54, 1.807) is 0 Å². The van der Waals surface area contributed by atoms with Gasteiger partial charge < -0.3 is 41.0 Å². The van der Waals surface area contributed by atoms with E-state index in [1.807, 2.05) is 0 Å². The SMILES string of the molecule is O=c1c2cc3[nH]c4cc(Cl)cc(S(=O)(=O)[O-])c4c(=O)c3cc2[nH]c2cc(Cl)cc(S(=O)(=O)[O-])c12.[Al+3].[Al+3].[OH-].[OH-].[OH-].[OH-]. The Morgan fingerprint density at radius 2 is 0.850 bits per heavy atom. The topological polar surface area (TPSA) is 300 Å². The second-order valence-electron chi connectivity index (χ2n) is 7.41. The monoisotopic (exact) mass is 660 g/mol. The molecule has 0 bridgehead atoms. The first-order chi connectivity index (χ1) is 15.8. The Balaban J connectivity index is 0. The van der Waals surface area contributed by atoms with E-state index in [9.17, 15) is 35.5 Å². The molecule has 3 aromatic carbocycles. The number of aromatic amines is 2. The molecular formula is C20H12Al2Cl2N2O12S2. The van der Waals surface area contributed by atoms with E-state index in [1.165, 1.54) is 24.3 Å². The van der Waals surface area contributed by atoms with Gasteiger partial charge in [0.15, 0.2) is 10.9 Å². The third-order valence-electron chi connectivity index (χ3n) is 5.31. The van der Waals surface area contributed by atoms with Gasteiger partial charge in [0.25, 0.3) is 0 Å². The first kappa shape index (κ1) is 40.0. The van der Waals surface area contributed by atoms with Crippen molar-refractivity contribution in [1.82, 2.24) is 9.97 Å². The van der Waals surface area contributed by atoms with Gasteiger partial charge in [0, 0.05) is 20.8 Å². The zero-order chi connectivity index (χ0) is 24.7. The van der Waals surface area contributed by atoms with Gasteiger partial charge in [-0.15, -0.1) is 0 Å². The van der Waals surface area contributed by atoms with Gasteiger partial charge in [-0.2, -0.15) is 0 Å². The summed E-state index contributed by atoms with van der Waals surface area (Å²) in [4.78, 5) is 30.4. The van der Waals surface area contributed by atoms with Gasteiger partial charge in [-0.05, 0) is 36.4 Å². The fourth-order valence-electron chi connectivity index (χ4n) is 3.97. The number of hydrogen-bond acceptors (Lipinski definition) is 12. The summed E-state index contributed by atoms with van der Waals surface area (Å²) in [6.45, 7) is 0. The van der Waals surface area contributed by atoms with E-state index < -0.39 is 51.7 Å². The second-order valence-corrected chi connectivity index (χ2v) is 11.0. The predicted octanol–water partition coefficient (Wildman–Crippen LogP) is 1.32. The van der Waals surface area contributed by atoms with Crippen molar-refractivity contribution in [3.63, 3.8) is 0 Å². The third kappa shape index (κ3) is 6.52. The van der Waals surface area contributed by atoms with Crippen LogP contribution >= 0.6 is 23.2 Å². The molecule has 0 aliphatic rings. The molecule has 0 aliphatic carbocycles. The molecule has 0 unspecified atom stereocenters. The molecule has 0 atom stereocenters. The van der Waals surface area contributed by atoms with Gasteiger partial charge in [-0.3, -0.25) is 9.59 Å². The van der Waals surface area contributed by atoms with Crippen LogP contribution in [0.15, 0.2) is 55.8 Å². The summed E-state index contributed by atoms with van der Waals surface area (Å²) in [6.07, 6.45) is 0. The average Bonchev–Trinajstić information content (AvgIpc) is 2.70. The quantitative estimate of drug-likeness (QED) is 0.154. The summed E-state index contributed by atoms with van der Waals surface area (Å²) in [5, 5.41) is -1.19. The number of hydrogen-bond donors (Lipinski definition) is 2. The molecule has 206 valence electrons. The maximum atomic E-state index is 13.2. The molecule has 20 heteroatoms. The minimum atomic E-state index is -5.06. The molecule has 0 saturated carbocycles. The van der Waals surface area contributed by atoms with Gasteiger partial charge >= 0.3 is 34.7 Å². The van der Waals surface area contributed by atoms with Crippen LogP contribution in [0.4, 0.5) is 0 Å². The van der Waals surface area contributed by atoms with Crippen molar-refractivity contribution in [1.29, 1.82) is 0 Å². The number of aromatic nitrogens is 2. The Bertz CT molecular complexity index is 1950. The van der Waals surface area contributed by atoms with Crippen LogP contribution in [-0.4, -0.2) is 92.5 Å². The van der Waals surface area contributed by atoms with Crippen LogP contribution in [0.2, 0.25) is 10.0 Å². The summed E-state index contributed by atoms with van der Waals surface area (Å²) < 4.78 is 70.4. The maximum absolute atomic E-state index is 13.2. The van der Waals surface area contributed by atoms with Crippen molar-refractivity contribution in [2.75, 3.05) is 0 Å². The van der Waals surface area contributed by atoms with Crippen LogP contribution in [0, 0.1) is 0 Å². The summed E-state index contributed by atoms with van der Waals surface area (Å²) in [7, 11) is -10.1. The van der Waals surface area contributed by atoms with Crippen LogP contribution < -0.4 is 10.9 Å². The van der Waals surface area contributed by atoms with Gasteiger partial charge in [-0.25, -0.2) is 16.8 Å². The normalized spacial score (nSPS) is 10.9. The van der Waals surface area contributed by atoms with Crippen molar-refractivity contribution < 1.29 is 47.8 Å². The van der Waals surface area contributed by atoms with E-state index in [-0.39, 0.29) is 99.5 Å². The Kier molecular flexibility index (Phi) is 13.3. The van der Waals surface area contributed by atoms with Gasteiger partial charge in [0.05, 0.1) is 42.6 Å². The molecule has 5 rings (SSSR count). The van der Waals surface area contributed by atoms with Crippen molar-refractivity contribution in [2.24, 2.45) is 0 Å². The largest absolute Gasteiger partial charge is 3.00 e. The number of nitrogens with one attached hydrogen (secondary N) is 2. The standard InChI is InChI=1S/C20H10Cl2N2O8S2.2Al.4H2O/c21-7-1-13-17(15(3-7)33(27,28)29)19(25)9-6-12-10(5-11(9)23-13)20(26)18-14(24-12)2-8(22)4-16(18)34(30,31)32;;;;;;/h1-6H,(H,23,25)(H,24,26)(H,27,28,29)(H,30,31,32);;;4*1H2/q;2*+3;;;;/p-6. The van der Waals surface area contributed by atoms with Crippen LogP contribution in [0.1, 0.15) is 0 Å². The molecule has 2 aromatic heterocycles. The molecule has 14 nitrogen and oxygen atoms in total. The number of rotatable bonds is 2. The minimum absolute atomic E-state index is 0. The van der Waals surface area contributed by atoms with Crippen LogP contribution in [0.3, 0.4) is 0 Å². The number of halogens is 2. The first-order valence-electron chi connectivity index (χ1n) is 9.16. The molecule has 5 aromatic rings. The van der Waals surface area contributed by atoms with Crippen molar-refractivity contribution >= 4 is 122 Å². The second kappa shape index (κ2) is 13.3. The van der Waals surface area contributed by atoms with Crippen molar-refractivity contribution in [3.8, 4) is 0 Å². The molecule has 6 N–H and O–H groups in total. The fraction of sp³-hybridized carbons (Fsp3) is 0. The summed E-state index contributed by atoms with van der Waals surface area (Å²) in [5.74, 6) is 0. The van der Waals surface area contributed by atoms with Gasteiger partial charge in [0.2, 0.25) is 0 Å². The zero-order valence-corrected chi connectivity index (χ0v) is 24.7. The molecule has 0 fully saturated rings. The van der Waals surface area contributed by atoms with E-state index in [0.717, 1.165) is 12.1 Å². The van der Waals surface area contributed by atoms with E-state index in [4.69, 9.17) is 23.2 Å². The first-order valence-corrected chi connectivity index (χ1v) is 12.7. The Labute approximate surface area is 254 Å². The number of benzene rings is 3. The maximum Gasteiger partial charge on any atom is 3.00 e. The Hall–Kier alpha value is -2.10. The molecule has 0 radical (unpaired) electrons. The van der Waals surface area contributed by atoms with Crippen molar-refractivity contribution in [3.05, 3.63) is 66.9 Å². The van der Waals surface area contributed by atoms with E-state index in [0.29, 0.717) is 0 Å². The zero-order valence-electron chi connectivity index (χ0n) is 19.2. The molecule has 0 aliphatic heterocycles.